The third-order valence-corrected chi connectivity index (χ3v) is 3.74. The number of likely N-dealkylation sites (N-methyl/N-ethyl adjacent to an activating group) is 1. The molecule has 0 radical (unpaired) electrons. The summed E-state index contributed by atoms with van der Waals surface area (Å²) in [5, 5.41) is 0.587. The van der Waals surface area contributed by atoms with E-state index in [4.69, 9.17) is 11.6 Å². The molecule has 1 aromatic rings. The van der Waals surface area contributed by atoms with Crippen LogP contribution in [0.5, 0.6) is 0 Å². The minimum absolute atomic E-state index is 0.366. The third kappa shape index (κ3) is 2.67. The Morgan fingerprint density at radius 1 is 1.28 bits per heavy atom. The highest BCUT2D eigenvalue weighted by atomic mass is 79.9. The maximum absolute atomic E-state index is 11.8. The van der Waals surface area contributed by atoms with Crippen LogP contribution in [0.3, 0.4) is 0 Å². The standard InChI is InChI=1S/C12H12BrClN2O2/c1-15-4-5-16(12(18)11(15)17)7-8-2-3-9(13)6-10(8)14/h2-3,6H,4-5,7H2,1H3. The third-order valence-electron chi connectivity index (χ3n) is 2.90. The topological polar surface area (TPSA) is 40.6 Å². The lowest BCUT2D eigenvalue weighted by Crippen LogP contribution is -2.52. The molecule has 1 saturated heterocycles. The van der Waals surface area contributed by atoms with Gasteiger partial charge >= 0.3 is 11.8 Å². The number of amides is 2. The van der Waals surface area contributed by atoms with Crippen molar-refractivity contribution in [1.82, 2.24) is 9.80 Å². The van der Waals surface area contributed by atoms with E-state index in [0.29, 0.717) is 24.7 Å². The van der Waals surface area contributed by atoms with Crippen molar-refractivity contribution in [3.8, 4) is 0 Å². The molecule has 0 aliphatic carbocycles. The fourth-order valence-corrected chi connectivity index (χ4v) is 2.51. The Hall–Kier alpha value is -1.07. The van der Waals surface area contributed by atoms with Crippen LogP contribution in [-0.2, 0) is 16.1 Å². The second-order valence-electron chi connectivity index (χ2n) is 4.19. The molecule has 0 unspecified atom stereocenters. The van der Waals surface area contributed by atoms with Crippen molar-refractivity contribution >= 4 is 39.3 Å². The SMILES string of the molecule is CN1CCN(Cc2ccc(Br)cc2Cl)C(=O)C1=O. The number of halogens is 2. The lowest BCUT2D eigenvalue weighted by molar-refractivity contribution is -0.155. The molecule has 1 aliphatic heterocycles. The lowest BCUT2D eigenvalue weighted by atomic mass is 10.2. The highest BCUT2D eigenvalue weighted by Gasteiger charge is 2.30. The first-order chi connectivity index (χ1) is 8.49. The molecule has 96 valence electrons. The van der Waals surface area contributed by atoms with Crippen molar-refractivity contribution in [3.63, 3.8) is 0 Å². The first kappa shape index (κ1) is 13.4. The number of rotatable bonds is 2. The molecule has 18 heavy (non-hydrogen) atoms. The molecular formula is C12H12BrClN2O2. The van der Waals surface area contributed by atoms with E-state index in [2.05, 4.69) is 15.9 Å². The summed E-state index contributed by atoms with van der Waals surface area (Å²) in [7, 11) is 1.63. The maximum atomic E-state index is 11.8. The first-order valence-electron chi connectivity index (χ1n) is 5.47. The normalized spacial score (nSPS) is 16.4. The Labute approximate surface area is 119 Å². The Morgan fingerprint density at radius 3 is 2.67 bits per heavy atom. The molecule has 0 saturated carbocycles. The quantitative estimate of drug-likeness (QED) is 0.777. The van der Waals surface area contributed by atoms with E-state index in [-0.39, 0.29) is 0 Å². The zero-order valence-electron chi connectivity index (χ0n) is 9.82. The molecule has 2 rings (SSSR count). The van der Waals surface area contributed by atoms with Crippen molar-refractivity contribution in [2.75, 3.05) is 20.1 Å². The summed E-state index contributed by atoms with van der Waals surface area (Å²) in [6, 6.07) is 5.49. The molecule has 1 heterocycles. The molecule has 6 heteroatoms. The van der Waals surface area contributed by atoms with E-state index in [9.17, 15) is 9.59 Å². The molecule has 0 atom stereocenters. The molecule has 0 bridgehead atoms. The number of benzene rings is 1. The van der Waals surface area contributed by atoms with Gasteiger partial charge < -0.3 is 9.80 Å². The fraction of sp³-hybridized carbons (Fsp3) is 0.333. The van der Waals surface area contributed by atoms with E-state index in [1.807, 2.05) is 12.1 Å². The molecule has 1 fully saturated rings. The number of piperazine rings is 1. The van der Waals surface area contributed by atoms with Gasteiger partial charge in [-0.1, -0.05) is 33.6 Å². The highest BCUT2D eigenvalue weighted by molar-refractivity contribution is 9.10. The minimum Gasteiger partial charge on any atom is -0.336 e. The van der Waals surface area contributed by atoms with Gasteiger partial charge in [0.05, 0.1) is 0 Å². The van der Waals surface area contributed by atoms with Gasteiger partial charge in [-0.25, -0.2) is 0 Å². The second kappa shape index (κ2) is 5.28. The Bertz CT molecular complexity index is 507. The first-order valence-corrected chi connectivity index (χ1v) is 6.64. The Kier molecular flexibility index (Phi) is 3.92. The highest BCUT2D eigenvalue weighted by Crippen LogP contribution is 2.23. The Morgan fingerprint density at radius 2 is 2.00 bits per heavy atom. The van der Waals surface area contributed by atoms with E-state index in [1.54, 1.807) is 13.1 Å². The van der Waals surface area contributed by atoms with Crippen LogP contribution >= 0.6 is 27.5 Å². The van der Waals surface area contributed by atoms with E-state index >= 15 is 0 Å². The molecule has 0 aromatic heterocycles. The van der Waals surface area contributed by atoms with Gasteiger partial charge in [-0.05, 0) is 17.7 Å². The number of carbonyl (C=O) groups excluding carboxylic acids is 2. The number of hydrogen-bond acceptors (Lipinski definition) is 2. The van der Waals surface area contributed by atoms with Crippen molar-refractivity contribution in [1.29, 1.82) is 0 Å². The number of nitrogens with zero attached hydrogens (tertiary/aromatic N) is 2. The summed E-state index contributed by atoms with van der Waals surface area (Å²) in [4.78, 5) is 26.3. The summed E-state index contributed by atoms with van der Waals surface area (Å²) >= 11 is 9.42. The van der Waals surface area contributed by atoms with E-state index in [1.165, 1.54) is 9.80 Å². The van der Waals surface area contributed by atoms with Gasteiger partial charge in [-0.2, -0.15) is 0 Å². The van der Waals surface area contributed by atoms with Gasteiger partial charge in [-0.3, -0.25) is 9.59 Å². The predicted octanol–water partition coefficient (Wildman–Crippen LogP) is 1.90. The predicted molar refractivity (Wildman–Crippen MR) is 72.2 cm³/mol. The number of carbonyl (C=O) groups is 2. The van der Waals surface area contributed by atoms with Crippen LogP contribution in [0.25, 0.3) is 0 Å². The van der Waals surface area contributed by atoms with Gasteiger partial charge in [0, 0.05) is 36.2 Å². The van der Waals surface area contributed by atoms with Crippen molar-refractivity contribution in [2.45, 2.75) is 6.54 Å². The molecule has 1 aliphatic rings. The van der Waals surface area contributed by atoms with Gasteiger partial charge in [0.25, 0.3) is 0 Å². The fourth-order valence-electron chi connectivity index (χ4n) is 1.78. The van der Waals surface area contributed by atoms with Gasteiger partial charge in [0.1, 0.15) is 0 Å². The summed E-state index contributed by atoms with van der Waals surface area (Å²) in [5.74, 6) is -0.933. The average Bonchev–Trinajstić information content (AvgIpc) is 2.33. The van der Waals surface area contributed by atoms with Crippen molar-refractivity contribution < 1.29 is 9.59 Å². The van der Waals surface area contributed by atoms with Crippen LogP contribution in [0.4, 0.5) is 0 Å². The monoisotopic (exact) mass is 330 g/mol. The maximum Gasteiger partial charge on any atom is 0.312 e. The molecule has 2 amide bonds. The van der Waals surface area contributed by atoms with Crippen LogP contribution in [0.15, 0.2) is 22.7 Å². The number of hydrogen-bond donors (Lipinski definition) is 0. The summed E-state index contributed by atoms with van der Waals surface area (Å²) < 4.78 is 0.886. The Balaban J connectivity index is 2.14. The van der Waals surface area contributed by atoms with Gasteiger partial charge in [0.15, 0.2) is 0 Å². The zero-order valence-corrected chi connectivity index (χ0v) is 12.2. The summed E-state index contributed by atoms with van der Waals surface area (Å²) in [6.45, 7) is 1.46. The van der Waals surface area contributed by atoms with Crippen molar-refractivity contribution in [3.05, 3.63) is 33.3 Å². The minimum atomic E-state index is -0.470. The largest absolute Gasteiger partial charge is 0.336 e. The van der Waals surface area contributed by atoms with E-state index < -0.39 is 11.8 Å². The zero-order chi connectivity index (χ0) is 13.3. The molecule has 1 aromatic carbocycles. The van der Waals surface area contributed by atoms with Crippen LogP contribution in [0.2, 0.25) is 5.02 Å². The molecular weight excluding hydrogens is 320 g/mol. The van der Waals surface area contributed by atoms with Gasteiger partial charge in [-0.15, -0.1) is 0 Å². The summed E-state index contributed by atoms with van der Waals surface area (Å²) in [6.07, 6.45) is 0. The van der Waals surface area contributed by atoms with E-state index in [0.717, 1.165) is 10.0 Å². The smallest absolute Gasteiger partial charge is 0.312 e. The van der Waals surface area contributed by atoms with Crippen LogP contribution in [-0.4, -0.2) is 41.8 Å². The van der Waals surface area contributed by atoms with Crippen LogP contribution < -0.4 is 0 Å². The molecule has 0 spiro atoms. The van der Waals surface area contributed by atoms with Gasteiger partial charge in [0.2, 0.25) is 0 Å². The molecule has 4 nitrogen and oxygen atoms in total. The second-order valence-corrected chi connectivity index (χ2v) is 5.51. The van der Waals surface area contributed by atoms with Crippen LogP contribution in [0.1, 0.15) is 5.56 Å². The lowest BCUT2D eigenvalue weighted by Gasteiger charge is -2.31. The van der Waals surface area contributed by atoms with Crippen LogP contribution in [0, 0.1) is 0 Å². The van der Waals surface area contributed by atoms with Crippen molar-refractivity contribution in [2.24, 2.45) is 0 Å². The molecule has 0 N–H and O–H groups in total. The average molecular weight is 332 g/mol. The summed E-state index contributed by atoms with van der Waals surface area (Å²) in [5.41, 5.74) is 0.838.